The van der Waals surface area contributed by atoms with E-state index in [9.17, 15) is 4.39 Å². The normalized spacial score (nSPS) is 22.2. The van der Waals surface area contributed by atoms with E-state index in [-0.39, 0.29) is 5.28 Å². The largest absolute Gasteiger partial charge is 0.296 e. The molecule has 1 aromatic rings. The van der Waals surface area contributed by atoms with E-state index >= 15 is 0 Å². The van der Waals surface area contributed by atoms with Crippen molar-refractivity contribution in [2.45, 2.75) is 19.1 Å². The van der Waals surface area contributed by atoms with Crippen LogP contribution in [0, 0.1) is 0 Å². The lowest BCUT2D eigenvalue weighted by Crippen LogP contribution is -2.20. The Morgan fingerprint density at radius 2 is 2.33 bits per heavy atom. The first-order chi connectivity index (χ1) is 7.15. The first kappa shape index (κ1) is 11.0. The minimum absolute atomic E-state index is 0.133. The van der Waals surface area contributed by atoms with Crippen LogP contribution in [0.15, 0.2) is 6.20 Å². The zero-order valence-electron chi connectivity index (χ0n) is 7.96. The second-order valence-electron chi connectivity index (χ2n) is 3.58. The van der Waals surface area contributed by atoms with Crippen LogP contribution in [0.3, 0.4) is 0 Å². The van der Waals surface area contributed by atoms with Gasteiger partial charge in [-0.05, 0) is 18.0 Å². The number of hydrogen-bond donors (Lipinski definition) is 0. The second-order valence-corrected chi connectivity index (χ2v) is 4.27. The van der Waals surface area contributed by atoms with E-state index in [1.54, 1.807) is 6.20 Å². The van der Waals surface area contributed by atoms with Crippen molar-refractivity contribution in [1.82, 2.24) is 14.9 Å². The molecule has 15 heavy (non-hydrogen) atoms. The Morgan fingerprint density at radius 1 is 1.53 bits per heavy atom. The molecule has 82 valence electrons. The minimum atomic E-state index is -0.725. The summed E-state index contributed by atoms with van der Waals surface area (Å²) in [5, 5.41) is 0.478. The number of halogens is 3. The van der Waals surface area contributed by atoms with Gasteiger partial charge < -0.3 is 0 Å². The molecule has 0 bridgehead atoms. The predicted molar refractivity (Wildman–Crippen MR) is 56.8 cm³/mol. The summed E-state index contributed by atoms with van der Waals surface area (Å²) in [5.74, 6) is 0. The van der Waals surface area contributed by atoms with Crippen LogP contribution in [0.1, 0.15) is 12.0 Å². The third-order valence-corrected chi connectivity index (χ3v) is 2.90. The first-order valence-corrected chi connectivity index (χ1v) is 5.44. The van der Waals surface area contributed by atoms with Gasteiger partial charge in [0.25, 0.3) is 0 Å². The van der Waals surface area contributed by atoms with Gasteiger partial charge in [-0.15, -0.1) is 0 Å². The highest BCUT2D eigenvalue weighted by molar-refractivity contribution is 6.32. The second kappa shape index (κ2) is 4.60. The molecule has 1 atom stereocenters. The van der Waals surface area contributed by atoms with E-state index < -0.39 is 6.17 Å². The van der Waals surface area contributed by atoms with Crippen molar-refractivity contribution in [2.24, 2.45) is 0 Å². The molecule has 1 aliphatic rings. The van der Waals surface area contributed by atoms with E-state index in [2.05, 4.69) is 9.97 Å². The Balaban J connectivity index is 2.04. The number of aromatic nitrogens is 2. The molecule has 1 aromatic heterocycles. The van der Waals surface area contributed by atoms with Crippen LogP contribution in [-0.4, -0.2) is 34.1 Å². The lowest BCUT2D eigenvalue weighted by atomic mass is 10.3. The fourth-order valence-corrected chi connectivity index (χ4v) is 2.01. The quantitative estimate of drug-likeness (QED) is 0.595. The van der Waals surface area contributed by atoms with Gasteiger partial charge in [-0.2, -0.15) is 0 Å². The third kappa shape index (κ3) is 2.77. The van der Waals surface area contributed by atoms with E-state index in [4.69, 9.17) is 23.2 Å². The van der Waals surface area contributed by atoms with Crippen LogP contribution >= 0.6 is 23.2 Å². The lowest BCUT2D eigenvalue weighted by molar-refractivity contribution is 0.282. The smallest absolute Gasteiger partial charge is 0.223 e. The summed E-state index contributed by atoms with van der Waals surface area (Å²) in [6.07, 6.45) is 1.45. The maximum atomic E-state index is 12.9. The van der Waals surface area contributed by atoms with Crippen molar-refractivity contribution < 1.29 is 4.39 Å². The zero-order chi connectivity index (χ0) is 10.8. The Morgan fingerprint density at radius 3 is 2.93 bits per heavy atom. The van der Waals surface area contributed by atoms with Crippen LogP contribution < -0.4 is 0 Å². The van der Waals surface area contributed by atoms with Crippen molar-refractivity contribution in [3.8, 4) is 0 Å². The molecule has 0 aromatic carbocycles. The molecule has 1 fully saturated rings. The Labute approximate surface area is 97.2 Å². The molecule has 1 saturated heterocycles. The zero-order valence-corrected chi connectivity index (χ0v) is 9.47. The monoisotopic (exact) mass is 249 g/mol. The van der Waals surface area contributed by atoms with Gasteiger partial charge >= 0.3 is 0 Å². The van der Waals surface area contributed by atoms with E-state index in [0.717, 1.165) is 12.1 Å². The standard InChI is InChI=1S/C9H10Cl2FN3/c10-8-6(3-13-9(11)14-8)4-15-2-1-7(12)5-15/h3,7H,1-2,4-5H2. The summed E-state index contributed by atoms with van der Waals surface area (Å²) in [7, 11) is 0. The van der Waals surface area contributed by atoms with Crippen molar-refractivity contribution in [3.63, 3.8) is 0 Å². The number of hydrogen-bond acceptors (Lipinski definition) is 3. The lowest BCUT2D eigenvalue weighted by Gasteiger charge is -2.14. The van der Waals surface area contributed by atoms with E-state index in [0.29, 0.717) is 24.7 Å². The van der Waals surface area contributed by atoms with Crippen LogP contribution in [0.4, 0.5) is 4.39 Å². The molecule has 0 saturated carbocycles. The molecule has 2 rings (SSSR count). The fraction of sp³-hybridized carbons (Fsp3) is 0.556. The van der Waals surface area contributed by atoms with Crippen LogP contribution in [0.25, 0.3) is 0 Å². The van der Waals surface area contributed by atoms with Crippen LogP contribution in [-0.2, 0) is 6.54 Å². The summed E-state index contributed by atoms with van der Waals surface area (Å²) in [6, 6.07) is 0. The Bertz CT molecular complexity index is 361. The van der Waals surface area contributed by atoms with Gasteiger partial charge in [0.05, 0.1) is 0 Å². The topological polar surface area (TPSA) is 29.0 Å². The van der Waals surface area contributed by atoms with E-state index in [1.165, 1.54) is 0 Å². The molecule has 2 heterocycles. The summed E-state index contributed by atoms with van der Waals surface area (Å²) < 4.78 is 12.9. The number of likely N-dealkylation sites (tertiary alicyclic amines) is 1. The summed E-state index contributed by atoms with van der Waals surface area (Å²) in [5.41, 5.74) is 0.787. The molecule has 0 amide bonds. The maximum Gasteiger partial charge on any atom is 0.223 e. The highest BCUT2D eigenvalue weighted by atomic mass is 35.5. The average molecular weight is 250 g/mol. The molecule has 0 spiro atoms. The van der Waals surface area contributed by atoms with Crippen LogP contribution in [0.2, 0.25) is 10.4 Å². The van der Waals surface area contributed by atoms with Gasteiger partial charge in [0.1, 0.15) is 11.3 Å². The van der Waals surface area contributed by atoms with Gasteiger partial charge in [-0.25, -0.2) is 14.4 Å². The minimum Gasteiger partial charge on any atom is -0.296 e. The van der Waals surface area contributed by atoms with Gasteiger partial charge in [0.15, 0.2) is 0 Å². The predicted octanol–water partition coefficient (Wildman–Crippen LogP) is 2.33. The van der Waals surface area contributed by atoms with Crippen molar-refractivity contribution in [1.29, 1.82) is 0 Å². The van der Waals surface area contributed by atoms with Gasteiger partial charge in [-0.1, -0.05) is 11.6 Å². The molecule has 1 unspecified atom stereocenters. The van der Waals surface area contributed by atoms with E-state index in [1.807, 2.05) is 4.90 Å². The highest BCUT2D eigenvalue weighted by Crippen LogP contribution is 2.20. The number of rotatable bonds is 2. The number of nitrogens with zero attached hydrogens (tertiary/aromatic N) is 3. The Kier molecular flexibility index (Phi) is 3.38. The average Bonchev–Trinajstić information content (AvgIpc) is 2.56. The first-order valence-electron chi connectivity index (χ1n) is 4.68. The van der Waals surface area contributed by atoms with Crippen molar-refractivity contribution >= 4 is 23.2 Å². The van der Waals surface area contributed by atoms with Gasteiger partial charge in [0.2, 0.25) is 5.28 Å². The molecule has 0 aliphatic carbocycles. The molecule has 1 aliphatic heterocycles. The molecule has 3 nitrogen and oxygen atoms in total. The molecular weight excluding hydrogens is 240 g/mol. The highest BCUT2D eigenvalue weighted by Gasteiger charge is 2.22. The SMILES string of the molecule is FC1CCN(Cc2cnc(Cl)nc2Cl)C1. The van der Waals surface area contributed by atoms with Crippen molar-refractivity contribution in [2.75, 3.05) is 13.1 Å². The van der Waals surface area contributed by atoms with Gasteiger partial charge in [0, 0.05) is 31.4 Å². The van der Waals surface area contributed by atoms with Crippen molar-refractivity contribution in [3.05, 3.63) is 22.2 Å². The number of alkyl halides is 1. The molecule has 0 radical (unpaired) electrons. The van der Waals surface area contributed by atoms with Crippen LogP contribution in [0.5, 0.6) is 0 Å². The summed E-state index contributed by atoms with van der Waals surface area (Å²) in [6.45, 7) is 1.79. The molecule has 0 N–H and O–H groups in total. The summed E-state index contributed by atoms with van der Waals surface area (Å²) >= 11 is 11.5. The maximum absolute atomic E-state index is 12.9. The third-order valence-electron chi connectivity index (χ3n) is 2.39. The summed E-state index contributed by atoms with van der Waals surface area (Å²) in [4.78, 5) is 9.67. The Hall–Kier alpha value is -0.450. The fourth-order valence-electron chi connectivity index (χ4n) is 1.64. The van der Waals surface area contributed by atoms with Gasteiger partial charge in [-0.3, -0.25) is 4.90 Å². The molecule has 6 heteroatoms. The molecular formula is C9H10Cl2FN3.